The highest BCUT2D eigenvalue weighted by atomic mass is 32.1. The van der Waals surface area contributed by atoms with Gasteiger partial charge in [0.15, 0.2) is 5.82 Å². The minimum atomic E-state index is -0.450. The normalized spacial score (nSPS) is 10.9. The zero-order chi connectivity index (χ0) is 20.4. The summed E-state index contributed by atoms with van der Waals surface area (Å²) in [5.41, 5.74) is 4.11. The number of aryl methyl sites for hydroxylation is 2. The van der Waals surface area contributed by atoms with Gasteiger partial charge in [-0.05, 0) is 38.1 Å². The molecule has 0 fully saturated rings. The highest BCUT2D eigenvalue weighted by Crippen LogP contribution is 2.24. The molecular formula is C22H19FN4OS. The molecule has 2 aromatic carbocycles. The van der Waals surface area contributed by atoms with Crippen LogP contribution in [0.5, 0.6) is 0 Å². The Kier molecular flexibility index (Phi) is 5.22. The van der Waals surface area contributed by atoms with Crippen molar-refractivity contribution in [1.82, 2.24) is 14.8 Å². The van der Waals surface area contributed by atoms with Gasteiger partial charge >= 0.3 is 0 Å². The van der Waals surface area contributed by atoms with Gasteiger partial charge in [-0.3, -0.25) is 4.79 Å². The van der Waals surface area contributed by atoms with Gasteiger partial charge in [0, 0.05) is 22.3 Å². The van der Waals surface area contributed by atoms with Gasteiger partial charge in [0.25, 0.3) is 0 Å². The standard InChI is InChI=1S/C22H19FN4OS/c1-14-10-15(2)27(26-14)20-9-8-17(11-19(20)23)24-21(28)12-18-13-29-22(25-18)16-6-4-3-5-7-16/h3-11,13H,12H2,1-2H3,(H,24,28). The summed E-state index contributed by atoms with van der Waals surface area (Å²) < 4.78 is 16.1. The van der Waals surface area contributed by atoms with Crippen molar-refractivity contribution in [2.45, 2.75) is 20.3 Å². The second kappa shape index (κ2) is 7.97. The molecule has 0 bridgehead atoms. The molecule has 146 valence electrons. The van der Waals surface area contributed by atoms with Crippen molar-refractivity contribution in [3.8, 4) is 16.3 Å². The van der Waals surface area contributed by atoms with Crippen LogP contribution in [0.2, 0.25) is 0 Å². The van der Waals surface area contributed by atoms with Crippen molar-refractivity contribution in [2.75, 3.05) is 5.32 Å². The van der Waals surface area contributed by atoms with Crippen molar-refractivity contribution in [3.05, 3.63) is 82.9 Å². The summed E-state index contributed by atoms with van der Waals surface area (Å²) in [5, 5.41) is 9.77. The predicted molar refractivity (Wildman–Crippen MR) is 113 cm³/mol. The lowest BCUT2D eigenvalue weighted by atomic mass is 10.2. The fourth-order valence-electron chi connectivity index (χ4n) is 3.10. The van der Waals surface area contributed by atoms with Crippen LogP contribution in [0.15, 0.2) is 60.0 Å². The Bertz CT molecular complexity index is 1170. The topological polar surface area (TPSA) is 59.8 Å². The summed E-state index contributed by atoms with van der Waals surface area (Å²) in [6.07, 6.45) is 0.129. The van der Waals surface area contributed by atoms with E-state index in [4.69, 9.17) is 0 Å². The van der Waals surface area contributed by atoms with Gasteiger partial charge in [-0.1, -0.05) is 30.3 Å². The van der Waals surface area contributed by atoms with Gasteiger partial charge in [-0.2, -0.15) is 5.10 Å². The molecule has 29 heavy (non-hydrogen) atoms. The Hall–Kier alpha value is -3.32. The van der Waals surface area contributed by atoms with Gasteiger partial charge in [0.2, 0.25) is 5.91 Å². The number of amides is 1. The lowest BCUT2D eigenvalue weighted by Gasteiger charge is -2.09. The highest BCUT2D eigenvalue weighted by molar-refractivity contribution is 7.13. The summed E-state index contributed by atoms with van der Waals surface area (Å²) in [6, 6.07) is 16.3. The molecule has 0 aliphatic rings. The van der Waals surface area contributed by atoms with Crippen molar-refractivity contribution in [1.29, 1.82) is 0 Å². The zero-order valence-electron chi connectivity index (χ0n) is 16.0. The van der Waals surface area contributed by atoms with Gasteiger partial charge in [0.1, 0.15) is 10.7 Å². The Labute approximate surface area is 171 Å². The van der Waals surface area contributed by atoms with Gasteiger partial charge in [0.05, 0.1) is 17.8 Å². The highest BCUT2D eigenvalue weighted by Gasteiger charge is 2.13. The Balaban J connectivity index is 1.44. The molecule has 0 aliphatic carbocycles. The van der Waals surface area contributed by atoms with E-state index in [9.17, 15) is 9.18 Å². The second-order valence-electron chi connectivity index (χ2n) is 6.74. The van der Waals surface area contributed by atoms with Crippen molar-refractivity contribution < 1.29 is 9.18 Å². The van der Waals surface area contributed by atoms with E-state index in [2.05, 4.69) is 15.4 Å². The van der Waals surface area contributed by atoms with E-state index in [1.807, 2.05) is 55.6 Å². The molecule has 0 aliphatic heterocycles. The number of hydrogen-bond donors (Lipinski definition) is 1. The van der Waals surface area contributed by atoms with E-state index in [1.165, 1.54) is 17.4 Å². The van der Waals surface area contributed by atoms with Crippen LogP contribution < -0.4 is 5.32 Å². The Morgan fingerprint density at radius 3 is 2.62 bits per heavy atom. The van der Waals surface area contributed by atoms with E-state index in [1.54, 1.807) is 16.8 Å². The largest absolute Gasteiger partial charge is 0.326 e. The number of aromatic nitrogens is 3. The summed E-state index contributed by atoms with van der Waals surface area (Å²) in [6.45, 7) is 3.73. The first kappa shape index (κ1) is 19.0. The molecule has 1 amide bonds. The molecular weight excluding hydrogens is 387 g/mol. The number of thiazole rings is 1. The molecule has 0 radical (unpaired) electrons. The van der Waals surface area contributed by atoms with E-state index in [0.29, 0.717) is 17.1 Å². The minimum absolute atomic E-state index is 0.129. The number of carbonyl (C=O) groups excluding carboxylic acids is 1. The Morgan fingerprint density at radius 2 is 1.93 bits per heavy atom. The smallest absolute Gasteiger partial charge is 0.230 e. The molecule has 0 spiro atoms. The SMILES string of the molecule is Cc1cc(C)n(-c2ccc(NC(=O)Cc3csc(-c4ccccc4)n3)cc2F)n1. The van der Waals surface area contributed by atoms with Crippen LogP contribution in [0.1, 0.15) is 17.1 Å². The maximum Gasteiger partial charge on any atom is 0.230 e. The zero-order valence-corrected chi connectivity index (χ0v) is 16.8. The van der Waals surface area contributed by atoms with Crippen LogP contribution in [0.4, 0.5) is 10.1 Å². The van der Waals surface area contributed by atoms with E-state index in [0.717, 1.165) is 22.0 Å². The van der Waals surface area contributed by atoms with E-state index < -0.39 is 5.82 Å². The third kappa shape index (κ3) is 4.25. The van der Waals surface area contributed by atoms with Crippen LogP contribution in [0.25, 0.3) is 16.3 Å². The van der Waals surface area contributed by atoms with Crippen LogP contribution >= 0.6 is 11.3 Å². The van der Waals surface area contributed by atoms with Gasteiger partial charge < -0.3 is 5.32 Å². The fourth-order valence-corrected chi connectivity index (χ4v) is 3.93. The van der Waals surface area contributed by atoms with Crippen LogP contribution in [0.3, 0.4) is 0 Å². The summed E-state index contributed by atoms with van der Waals surface area (Å²) >= 11 is 1.50. The minimum Gasteiger partial charge on any atom is -0.326 e. The number of nitrogens with one attached hydrogen (secondary N) is 1. The second-order valence-corrected chi connectivity index (χ2v) is 7.60. The number of nitrogens with zero attached hydrogens (tertiary/aromatic N) is 3. The fraction of sp³-hybridized carbons (Fsp3) is 0.136. The van der Waals surface area contributed by atoms with E-state index in [-0.39, 0.29) is 12.3 Å². The molecule has 0 saturated heterocycles. The molecule has 0 saturated carbocycles. The average molecular weight is 406 g/mol. The Morgan fingerprint density at radius 1 is 1.14 bits per heavy atom. The number of hydrogen-bond acceptors (Lipinski definition) is 4. The van der Waals surface area contributed by atoms with Crippen LogP contribution in [-0.4, -0.2) is 20.7 Å². The maximum absolute atomic E-state index is 14.6. The third-order valence-electron chi connectivity index (χ3n) is 4.38. The molecule has 1 N–H and O–H groups in total. The molecule has 0 unspecified atom stereocenters. The van der Waals surface area contributed by atoms with Crippen molar-refractivity contribution in [2.24, 2.45) is 0 Å². The molecule has 0 atom stereocenters. The van der Waals surface area contributed by atoms with Crippen LogP contribution in [0, 0.1) is 19.7 Å². The van der Waals surface area contributed by atoms with Gasteiger partial charge in [-0.15, -0.1) is 11.3 Å². The number of rotatable bonds is 5. The number of anilines is 1. The third-order valence-corrected chi connectivity index (χ3v) is 5.32. The predicted octanol–water partition coefficient (Wildman–Crippen LogP) is 4.93. The van der Waals surface area contributed by atoms with Crippen LogP contribution in [-0.2, 0) is 11.2 Å². The summed E-state index contributed by atoms with van der Waals surface area (Å²) in [4.78, 5) is 16.9. The maximum atomic E-state index is 14.6. The first-order valence-corrected chi connectivity index (χ1v) is 10.0. The molecule has 2 heterocycles. The molecule has 4 aromatic rings. The summed E-state index contributed by atoms with van der Waals surface area (Å²) in [7, 11) is 0. The summed E-state index contributed by atoms with van der Waals surface area (Å²) in [5.74, 6) is -0.692. The average Bonchev–Trinajstić information content (AvgIpc) is 3.28. The van der Waals surface area contributed by atoms with Crippen molar-refractivity contribution in [3.63, 3.8) is 0 Å². The van der Waals surface area contributed by atoms with E-state index >= 15 is 0 Å². The lowest BCUT2D eigenvalue weighted by molar-refractivity contribution is -0.115. The quantitative estimate of drug-likeness (QED) is 0.511. The van der Waals surface area contributed by atoms with Gasteiger partial charge in [-0.25, -0.2) is 14.1 Å². The van der Waals surface area contributed by atoms with Crippen molar-refractivity contribution >= 4 is 22.9 Å². The molecule has 2 aromatic heterocycles. The number of carbonyl (C=O) groups is 1. The first-order chi connectivity index (χ1) is 14.0. The number of benzene rings is 2. The first-order valence-electron chi connectivity index (χ1n) is 9.12. The lowest BCUT2D eigenvalue weighted by Crippen LogP contribution is -2.15. The molecule has 4 rings (SSSR count). The molecule has 7 heteroatoms. The number of halogens is 1. The molecule has 5 nitrogen and oxygen atoms in total. The monoisotopic (exact) mass is 406 g/mol.